The van der Waals surface area contributed by atoms with Crippen molar-refractivity contribution in [2.75, 3.05) is 0 Å². The summed E-state index contributed by atoms with van der Waals surface area (Å²) in [6.45, 7) is 0. The third kappa shape index (κ3) is 2.91. The molecule has 0 amide bonds. The molecule has 21 heavy (non-hydrogen) atoms. The van der Waals surface area contributed by atoms with Crippen LogP contribution in [-0.4, -0.2) is 16.1 Å². The Morgan fingerprint density at radius 1 is 1.14 bits per heavy atom. The number of benzene rings is 2. The summed E-state index contributed by atoms with van der Waals surface area (Å²) in [6.07, 6.45) is 2.52. The largest absolute Gasteiger partial charge is 0.298 e. The van der Waals surface area contributed by atoms with Crippen molar-refractivity contribution in [2.24, 2.45) is 0 Å². The van der Waals surface area contributed by atoms with Gasteiger partial charge in [-0.15, -0.1) is 0 Å². The molecular weight excluding hydrogens is 352 g/mol. The lowest BCUT2D eigenvalue weighted by molar-refractivity contribution is 0.112. The van der Waals surface area contributed by atoms with Gasteiger partial charge in [0.05, 0.1) is 11.3 Å². The van der Waals surface area contributed by atoms with Crippen LogP contribution in [0.15, 0.2) is 59.2 Å². The molecule has 0 aliphatic heterocycles. The van der Waals surface area contributed by atoms with E-state index in [1.165, 1.54) is 0 Å². The molecule has 0 saturated carbocycles. The van der Waals surface area contributed by atoms with Crippen LogP contribution in [0.5, 0.6) is 0 Å². The Hall–Kier alpha value is -1.91. The number of aromatic nitrogens is 2. The van der Waals surface area contributed by atoms with Crippen molar-refractivity contribution in [1.29, 1.82) is 0 Å². The van der Waals surface area contributed by atoms with Gasteiger partial charge in [0.1, 0.15) is 5.69 Å². The first-order valence-corrected chi connectivity index (χ1v) is 7.41. The quantitative estimate of drug-likeness (QED) is 0.630. The number of nitrogens with zero attached hydrogens (tertiary/aromatic N) is 2. The van der Waals surface area contributed by atoms with E-state index in [0.717, 1.165) is 22.0 Å². The van der Waals surface area contributed by atoms with Gasteiger partial charge in [0.2, 0.25) is 0 Å². The summed E-state index contributed by atoms with van der Waals surface area (Å²) < 4.78 is 2.64. The summed E-state index contributed by atoms with van der Waals surface area (Å²) >= 11 is 9.39. The minimum absolute atomic E-state index is 0.539. The van der Waals surface area contributed by atoms with E-state index >= 15 is 0 Å². The Labute approximate surface area is 135 Å². The Morgan fingerprint density at radius 3 is 2.57 bits per heavy atom. The molecule has 0 aliphatic carbocycles. The maximum absolute atomic E-state index is 11.3. The third-order valence-corrected chi connectivity index (χ3v) is 3.82. The highest BCUT2D eigenvalue weighted by atomic mass is 79.9. The van der Waals surface area contributed by atoms with E-state index in [2.05, 4.69) is 21.0 Å². The monoisotopic (exact) mass is 360 g/mol. The zero-order valence-corrected chi connectivity index (χ0v) is 13.2. The molecule has 0 N–H and O–H groups in total. The molecule has 0 aliphatic rings. The summed E-state index contributed by atoms with van der Waals surface area (Å²) in [5.41, 5.74) is 2.89. The van der Waals surface area contributed by atoms with Crippen molar-refractivity contribution in [3.8, 4) is 16.9 Å². The molecule has 5 heteroatoms. The van der Waals surface area contributed by atoms with E-state index in [1.807, 2.05) is 36.4 Å². The van der Waals surface area contributed by atoms with Crippen LogP contribution >= 0.6 is 27.5 Å². The van der Waals surface area contributed by atoms with Gasteiger partial charge in [-0.1, -0.05) is 45.7 Å². The van der Waals surface area contributed by atoms with Crippen LogP contribution < -0.4 is 0 Å². The van der Waals surface area contributed by atoms with E-state index in [4.69, 9.17) is 11.6 Å². The first-order chi connectivity index (χ1) is 10.2. The van der Waals surface area contributed by atoms with Gasteiger partial charge in [-0.2, -0.15) is 5.10 Å². The van der Waals surface area contributed by atoms with Gasteiger partial charge in [0.15, 0.2) is 6.29 Å². The second-order valence-corrected chi connectivity index (χ2v) is 5.83. The van der Waals surface area contributed by atoms with E-state index in [9.17, 15) is 4.79 Å². The number of halogens is 2. The van der Waals surface area contributed by atoms with Gasteiger partial charge in [0.25, 0.3) is 0 Å². The highest BCUT2D eigenvalue weighted by molar-refractivity contribution is 9.10. The molecule has 0 spiro atoms. The highest BCUT2D eigenvalue weighted by Crippen LogP contribution is 2.25. The molecule has 1 aromatic heterocycles. The van der Waals surface area contributed by atoms with Gasteiger partial charge in [-0.25, -0.2) is 4.68 Å². The van der Waals surface area contributed by atoms with Crippen molar-refractivity contribution in [1.82, 2.24) is 9.78 Å². The molecule has 0 bridgehead atoms. The van der Waals surface area contributed by atoms with Gasteiger partial charge in [-0.05, 0) is 30.3 Å². The van der Waals surface area contributed by atoms with Crippen LogP contribution in [0, 0.1) is 0 Å². The van der Waals surface area contributed by atoms with Crippen molar-refractivity contribution in [3.63, 3.8) is 0 Å². The zero-order chi connectivity index (χ0) is 14.8. The average Bonchev–Trinajstić information content (AvgIpc) is 2.92. The fourth-order valence-electron chi connectivity index (χ4n) is 2.06. The maximum atomic E-state index is 11.3. The van der Waals surface area contributed by atoms with Crippen molar-refractivity contribution in [2.45, 2.75) is 0 Å². The second-order valence-electron chi connectivity index (χ2n) is 4.48. The zero-order valence-electron chi connectivity index (χ0n) is 10.8. The molecule has 1 heterocycles. The summed E-state index contributed by atoms with van der Waals surface area (Å²) in [5, 5.41) is 5.13. The highest BCUT2D eigenvalue weighted by Gasteiger charge is 2.11. The van der Waals surface area contributed by atoms with Crippen LogP contribution in [0.3, 0.4) is 0 Å². The number of hydrogen-bond donors (Lipinski definition) is 0. The molecular formula is C16H10BrClN2O. The molecule has 0 unspecified atom stereocenters. The molecule has 2 aromatic carbocycles. The summed E-state index contributed by atoms with van der Waals surface area (Å²) in [5.74, 6) is 0. The number of carbonyl (C=O) groups excluding carboxylic acids is 1. The van der Waals surface area contributed by atoms with Crippen LogP contribution in [0.2, 0.25) is 5.02 Å². The minimum Gasteiger partial charge on any atom is -0.298 e. The summed E-state index contributed by atoms with van der Waals surface area (Å²) in [4.78, 5) is 11.3. The molecule has 104 valence electrons. The molecule has 0 fully saturated rings. The van der Waals surface area contributed by atoms with E-state index < -0.39 is 0 Å². The number of hydrogen-bond acceptors (Lipinski definition) is 2. The predicted octanol–water partition coefficient (Wildman–Crippen LogP) is 4.77. The number of aldehydes is 1. The molecule has 0 radical (unpaired) electrons. The van der Waals surface area contributed by atoms with E-state index in [1.54, 1.807) is 23.0 Å². The lowest BCUT2D eigenvalue weighted by Gasteiger charge is -2.01. The fraction of sp³-hybridized carbons (Fsp3) is 0. The van der Waals surface area contributed by atoms with E-state index in [-0.39, 0.29) is 0 Å². The van der Waals surface area contributed by atoms with Crippen molar-refractivity contribution in [3.05, 3.63) is 69.8 Å². The SMILES string of the molecule is O=Cc1cn(-c2cccc(Cl)c2)nc1-c1ccc(Br)cc1. The molecule has 0 saturated heterocycles. The van der Waals surface area contributed by atoms with Crippen molar-refractivity contribution < 1.29 is 4.79 Å². The third-order valence-electron chi connectivity index (χ3n) is 3.06. The van der Waals surface area contributed by atoms with Gasteiger partial charge in [0, 0.05) is 21.3 Å². The molecule has 3 aromatic rings. The molecule has 3 nitrogen and oxygen atoms in total. The summed E-state index contributed by atoms with van der Waals surface area (Å²) in [6, 6.07) is 15.0. The van der Waals surface area contributed by atoms with E-state index in [0.29, 0.717) is 16.3 Å². The van der Waals surface area contributed by atoms with Crippen molar-refractivity contribution >= 4 is 33.8 Å². The van der Waals surface area contributed by atoms with Gasteiger partial charge in [-0.3, -0.25) is 4.79 Å². The standard InChI is InChI=1S/C16H10BrClN2O/c17-13-6-4-11(5-7-13)16-12(10-21)9-20(19-16)15-3-1-2-14(18)8-15/h1-10H. The Balaban J connectivity index is 2.10. The Kier molecular flexibility index (Phi) is 3.90. The maximum Gasteiger partial charge on any atom is 0.153 e. The van der Waals surface area contributed by atoms with Crippen LogP contribution in [0.1, 0.15) is 10.4 Å². The average molecular weight is 362 g/mol. The fourth-order valence-corrected chi connectivity index (χ4v) is 2.51. The number of carbonyl (C=O) groups is 1. The molecule has 0 atom stereocenters. The molecule has 3 rings (SSSR count). The van der Waals surface area contributed by atoms with Gasteiger partial charge < -0.3 is 0 Å². The smallest absolute Gasteiger partial charge is 0.153 e. The number of rotatable bonds is 3. The second kappa shape index (κ2) is 5.84. The van der Waals surface area contributed by atoms with Crippen LogP contribution in [0.4, 0.5) is 0 Å². The topological polar surface area (TPSA) is 34.9 Å². The normalized spacial score (nSPS) is 10.6. The van der Waals surface area contributed by atoms with Gasteiger partial charge >= 0.3 is 0 Å². The Bertz CT molecular complexity index is 796. The lowest BCUT2D eigenvalue weighted by atomic mass is 10.1. The predicted molar refractivity (Wildman–Crippen MR) is 87.1 cm³/mol. The van der Waals surface area contributed by atoms with Crippen LogP contribution in [0.25, 0.3) is 16.9 Å². The minimum atomic E-state index is 0.539. The Morgan fingerprint density at radius 2 is 1.90 bits per heavy atom. The lowest BCUT2D eigenvalue weighted by Crippen LogP contribution is -1.94. The first kappa shape index (κ1) is 14.0. The first-order valence-electron chi connectivity index (χ1n) is 6.24. The van der Waals surface area contributed by atoms with Crippen LogP contribution in [-0.2, 0) is 0 Å². The summed E-state index contributed by atoms with van der Waals surface area (Å²) in [7, 11) is 0.